The van der Waals surface area contributed by atoms with E-state index in [9.17, 15) is 4.79 Å². The van der Waals surface area contributed by atoms with Gasteiger partial charge in [-0.15, -0.1) is 11.8 Å². The number of carbonyl (C=O) groups is 1. The Bertz CT molecular complexity index is 812. The number of thioether (sulfide) groups is 1. The Labute approximate surface area is 161 Å². The molecule has 2 fully saturated rings. The molecule has 130 valence electrons. The number of hydrogen-bond acceptors (Lipinski definition) is 3. The van der Waals surface area contributed by atoms with Gasteiger partial charge in [-0.05, 0) is 55.0 Å². The second kappa shape index (κ2) is 6.84. The first-order valence-electron chi connectivity index (χ1n) is 8.28. The topological polar surface area (TPSA) is 23.6 Å². The molecule has 4 rings (SSSR count). The zero-order chi connectivity index (χ0) is 17.6. The molecule has 0 N–H and O–H groups in total. The van der Waals surface area contributed by atoms with Crippen LogP contribution >= 0.6 is 35.0 Å². The molecule has 25 heavy (non-hydrogen) atoms. The molecule has 2 heterocycles. The van der Waals surface area contributed by atoms with Gasteiger partial charge in [0, 0.05) is 17.1 Å². The molecule has 2 aliphatic heterocycles. The van der Waals surface area contributed by atoms with Gasteiger partial charge in [0.1, 0.15) is 6.17 Å². The molecule has 2 atom stereocenters. The highest BCUT2D eigenvalue weighted by Crippen LogP contribution is 2.43. The minimum Gasteiger partial charge on any atom is -0.290 e. The predicted octanol–water partition coefficient (Wildman–Crippen LogP) is 5.23. The lowest BCUT2D eigenvalue weighted by atomic mass is 10.1. The van der Waals surface area contributed by atoms with Crippen LogP contribution in [0.3, 0.4) is 0 Å². The van der Waals surface area contributed by atoms with Crippen LogP contribution in [-0.4, -0.2) is 29.6 Å². The van der Waals surface area contributed by atoms with Gasteiger partial charge < -0.3 is 0 Å². The molecule has 1 amide bonds. The van der Waals surface area contributed by atoms with Crippen molar-refractivity contribution in [1.82, 2.24) is 4.90 Å². The predicted molar refractivity (Wildman–Crippen MR) is 105 cm³/mol. The third kappa shape index (κ3) is 2.95. The number of hydrogen-bond donors (Lipinski definition) is 0. The Morgan fingerprint density at radius 2 is 1.84 bits per heavy atom. The molecule has 2 aromatic rings. The molecule has 2 aliphatic rings. The Morgan fingerprint density at radius 3 is 2.52 bits per heavy atom. The molecule has 0 spiro atoms. The van der Waals surface area contributed by atoms with Crippen molar-refractivity contribution in [2.24, 2.45) is 0 Å². The fraction of sp³-hybridized carbons (Fsp3) is 0.316. The van der Waals surface area contributed by atoms with E-state index in [-0.39, 0.29) is 18.1 Å². The van der Waals surface area contributed by atoms with Crippen molar-refractivity contribution in [2.75, 3.05) is 17.7 Å². The van der Waals surface area contributed by atoms with Crippen molar-refractivity contribution >= 4 is 46.6 Å². The first kappa shape index (κ1) is 17.2. The summed E-state index contributed by atoms with van der Waals surface area (Å²) in [4.78, 5) is 18.5. The second-order valence-electron chi connectivity index (χ2n) is 6.35. The number of rotatable bonds is 3. The largest absolute Gasteiger partial charge is 0.290 e. The SMILES string of the molecule is CSc1ccc([C@H]2N(c3ccc(Cl)c(Cl)c3)C(=O)[C@@H]3CCCN32)cc1. The summed E-state index contributed by atoms with van der Waals surface area (Å²) in [5.41, 5.74) is 1.93. The minimum absolute atomic E-state index is 0.0420. The van der Waals surface area contributed by atoms with Crippen molar-refractivity contribution in [2.45, 2.75) is 29.9 Å². The van der Waals surface area contributed by atoms with Crippen LogP contribution in [-0.2, 0) is 4.79 Å². The summed E-state index contributed by atoms with van der Waals surface area (Å²) < 4.78 is 0. The molecule has 0 unspecified atom stereocenters. The van der Waals surface area contributed by atoms with Crippen molar-refractivity contribution < 1.29 is 4.79 Å². The normalized spacial score (nSPS) is 23.3. The van der Waals surface area contributed by atoms with E-state index in [0.29, 0.717) is 10.0 Å². The molecule has 3 nitrogen and oxygen atoms in total. The Morgan fingerprint density at radius 1 is 1.08 bits per heavy atom. The number of anilines is 1. The lowest BCUT2D eigenvalue weighted by Gasteiger charge is -2.30. The van der Waals surface area contributed by atoms with E-state index >= 15 is 0 Å². The van der Waals surface area contributed by atoms with Gasteiger partial charge in [-0.1, -0.05) is 35.3 Å². The molecule has 0 aliphatic carbocycles. The van der Waals surface area contributed by atoms with Crippen LogP contribution in [0, 0.1) is 0 Å². The van der Waals surface area contributed by atoms with Crippen LogP contribution in [0.2, 0.25) is 10.0 Å². The molecule has 0 radical (unpaired) electrons. The summed E-state index contributed by atoms with van der Waals surface area (Å²) >= 11 is 14.0. The fourth-order valence-electron chi connectivity index (χ4n) is 3.80. The van der Waals surface area contributed by atoms with Gasteiger partial charge in [0.25, 0.3) is 0 Å². The van der Waals surface area contributed by atoms with E-state index in [0.717, 1.165) is 30.6 Å². The maximum Gasteiger partial charge on any atom is 0.246 e. The first-order valence-corrected chi connectivity index (χ1v) is 10.3. The van der Waals surface area contributed by atoms with Gasteiger partial charge in [-0.3, -0.25) is 14.6 Å². The lowest BCUT2D eigenvalue weighted by molar-refractivity contribution is -0.119. The summed E-state index contributed by atoms with van der Waals surface area (Å²) in [6, 6.07) is 13.8. The van der Waals surface area contributed by atoms with Crippen LogP contribution < -0.4 is 4.90 Å². The van der Waals surface area contributed by atoms with Crippen LogP contribution in [0.1, 0.15) is 24.6 Å². The minimum atomic E-state index is -0.0897. The van der Waals surface area contributed by atoms with Crippen LogP contribution in [0.5, 0.6) is 0 Å². The van der Waals surface area contributed by atoms with Crippen molar-refractivity contribution in [3.8, 4) is 0 Å². The average molecular weight is 393 g/mol. The van der Waals surface area contributed by atoms with Gasteiger partial charge in [0.2, 0.25) is 5.91 Å². The summed E-state index contributed by atoms with van der Waals surface area (Å²) in [5, 5.41) is 0.967. The van der Waals surface area contributed by atoms with Gasteiger partial charge in [0.05, 0.1) is 16.1 Å². The first-order chi connectivity index (χ1) is 12.1. The van der Waals surface area contributed by atoms with E-state index in [1.165, 1.54) is 4.90 Å². The molecular weight excluding hydrogens is 375 g/mol. The molecule has 0 aromatic heterocycles. The smallest absolute Gasteiger partial charge is 0.246 e. The summed E-state index contributed by atoms with van der Waals surface area (Å²) in [6.45, 7) is 0.934. The van der Waals surface area contributed by atoms with E-state index < -0.39 is 0 Å². The Kier molecular flexibility index (Phi) is 4.71. The Hall–Kier alpha value is -1.20. The van der Waals surface area contributed by atoms with Gasteiger partial charge in [0.15, 0.2) is 0 Å². The van der Waals surface area contributed by atoms with Crippen molar-refractivity contribution in [1.29, 1.82) is 0 Å². The van der Waals surface area contributed by atoms with Gasteiger partial charge >= 0.3 is 0 Å². The molecular formula is C19H18Cl2N2OS. The number of amides is 1. The monoisotopic (exact) mass is 392 g/mol. The van der Waals surface area contributed by atoms with E-state index in [1.807, 2.05) is 11.0 Å². The summed E-state index contributed by atoms with van der Waals surface area (Å²) in [5.74, 6) is 0.148. The standard InChI is InChI=1S/C19H18Cl2N2OS/c1-25-14-7-4-12(5-8-14)18-22-10-2-3-17(22)19(24)23(18)13-6-9-15(20)16(21)11-13/h4-9,11,17-18H,2-3,10H2,1H3/t17-,18+/m0/s1. The third-order valence-electron chi connectivity index (χ3n) is 4.97. The summed E-state index contributed by atoms with van der Waals surface area (Å²) in [6.07, 6.45) is 3.95. The van der Waals surface area contributed by atoms with E-state index in [4.69, 9.17) is 23.2 Å². The van der Waals surface area contributed by atoms with Crippen LogP contribution in [0.25, 0.3) is 0 Å². The van der Waals surface area contributed by atoms with Crippen LogP contribution in [0.4, 0.5) is 5.69 Å². The number of fused-ring (bicyclic) bond motifs is 1. The summed E-state index contributed by atoms with van der Waals surface area (Å²) in [7, 11) is 0. The molecule has 2 aromatic carbocycles. The lowest BCUT2D eigenvalue weighted by Crippen LogP contribution is -2.32. The quantitative estimate of drug-likeness (QED) is 0.668. The van der Waals surface area contributed by atoms with E-state index in [2.05, 4.69) is 35.4 Å². The van der Waals surface area contributed by atoms with Crippen LogP contribution in [0.15, 0.2) is 47.4 Å². The Balaban J connectivity index is 1.78. The third-order valence-corrected chi connectivity index (χ3v) is 6.45. The van der Waals surface area contributed by atoms with Gasteiger partial charge in [-0.25, -0.2) is 0 Å². The van der Waals surface area contributed by atoms with Gasteiger partial charge in [-0.2, -0.15) is 0 Å². The molecule has 6 heteroatoms. The van der Waals surface area contributed by atoms with Crippen molar-refractivity contribution in [3.05, 3.63) is 58.1 Å². The number of benzene rings is 2. The number of carbonyl (C=O) groups excluding carboxylic acids is 1. The maximum atomic E-state index is 13.1. The highest BCUT2D eigenvalue weighted by atomic mass is 35.5. The molecule has 0 bridgehead atoms. The molecule has 0 saturated carbocycles. The second-order valence-corrected chi connectivity index (χ2v) is 8.04. The zero-order valence-electron chi connectivity index (χ0n) is 13.8. The fourth-order valence-corrected chi connectivity index (χ4v) is 4.50. The highest BCUT2D eigenvalue weighted by molar-refractivity contribution is 7.98. The van der Waals surface area contributed by atoms with E-state index in [1.54, 1.807) is 23.9 Å². The van der Waals surface area contributed by atoms with Crippen molar-refractivity contribution in [3.63, 3.8) is 0 Å². The maximum absolute atomic E-state index is 13.1. The average Bonchev–Trinajstić information content (AvgIpc) is 3.20. The number of nitrogens with zero attached hydrogens (tertiary/aromatic N) is 2. The zero-order valence-corrected chi connectivity index (χ0v) is 16.1. The highest BCUT2D eigenvalue weighted by Gasteiger charge is 2.49. The molecule has 2 saturated heterocycles. The number of halogens is 2.